The van der Waals surface area contributed by atoms with Gasteiger partial charge >= 0.3 is 0 Å². The Labute approximate surface area is 100 Å². The van der Waals surface area contributed by atoms with Gasteiger partial charge in [-0.1, -0.05) is 0 Å². The zero-order chi connectivity index (χ0) is 11.4. The molecule has 16 heavy (non-hydrogen) atoms. The van der Waals surface area contributed by atoms with E-state index in [9.17, 15) is 0 Å². The highest BCUT2D eigenvalue weighted by molar-refractivity contribution is 6.28. The summed E-state index contributed by atoms with van der Waals surface area (Å²) < 4.78 is 0. The van der Waals surface area contributed by atoms with E-state index in [1.165, 1.54) is 12.8 Å². The van der Waals surface area contributed by atoms with E-state index in [-0.39, 0.29) is 6.61 Å². The minimum absolute atomic E-state index is 0.259. The summed E-state index contributed by atoms with van der Waals surface area (Å²) in [6, 6.07) is 2.38. The fourth-order valence-electron chi connectivity index (χ4n) is 2.25. The van der Waals surface area contributed by atoms with Crippen molar-refractivity contribution in [2.45, 2.75) is 31.7 Å². The van der Waals surface area contributed by atoms with Crippen LogP contribution in [0.2, 0.25) is 5.28 Å². The molecule has 2 rings (SSSR count). The number of anilines is 1. The van der Waals surface area contributed by atoms with E-state index in [0.717, 1.165) is 25.2 Å². The summed E-state index contributed by atoms with van der Waals surface area (Å²) in [6.07, 6.45) is 5.89. The van der Waals surface area contributed by atoms with Crippen LogP contribution in [0.5, 0.6) is 0 Å². The van der Waals surface area contributed by atoms with Crippen molar-refractivity contribution >= 4 is 17.4 Å². The maximum absolute atomic E-state index is 8.86. The first-order chi connectivity index (χ1) is 7.81. The third kappa shape index (κ3) is 2.62. The molecular formula is C11H16ClN3O. The normalized spacial score (nSPS) is 20.4. The van der Waals surface area contributed by atoms with Gasteiger partial charge in [-0.3, -0.25) is 0 Å². The lowest BCUT2D eigenvalue weighted by Crippen LogP contribution is -2.30. The van der Waals surface area contributed by atoms with Crippen molar-refractivity contribution in [2.75, 3.05) is 18.1 Å². The second kappa shape index (κ2) is 5.46. The number of rotatable bonds is 4. The molecular weight excluding hydrogens is 226 g/mol. The number of hydrogen-bond donors (Lipinski definition) is 1. The minimum atomic E-state index is 0.259. The Bertz CT molecular complexity index is 348. The minimum Gasteiger partial charge on any atom is -0.396 e. The monoisotopic (exact) mass is 241 g/mol. The van der Waals surface area contributed by atoms with Crippen molar-refractivity contribution in [3.8, 4) is 0 Å². The van der Waals surface area contributed by atoms with E-state index in [1.807, 2.05) is 6.07 Å². The molecule has 5 heteroatoms. The Hall–Kier alpha value is -0.870. The number of nitrogens with zero attached hydrogens (tertiary/aromatic N) is 3. The number of aliphatic hydroxyl groups is 1. The fourth-order valence-corrected chi connectivity index (χ4v) is 2.39. The average molecular weight is 242 g/mol. The molecule has 4 nitrogen and oxygen atoms in total. The first kappa shape index (κ1) is 11.6. The quantitative estimate of drug-likeness (QED) is 0.818. The van der Waals surface area contributed by atoms with E-state index in [2.05, 4.69) is 14.9 Å². The second-order valence-electron chi connectivity index (χ2n) is 4.04. The van der Waals surface area contributed by atoms with Crippen molar-refractivity contribution in [3.05, 3.63) is 17.5 Å². The van der Waals surface area contributed by atoms with Gasteiger partial charge in [0, 0.05) is 25.4 Å². The van der Waals surface area contributed by atoms with Crippen LogP contribution in [0.3, 0.4) is 0 Å². The van der Waals surface area contributed by atoms with E-state index >= 15 is 0 Å². The molecule has 0 bridgehead atoms. The van der Waals surface area contributed by atoms with Crippen LogP contribution in [0, 0.1) is 0 Å². The van der Waals surface area contributed by atoms with Crippen LogP contribution in [0.1, 0.15) is 25.7 Å². The van der Waals surface area contributed by atoms with Crippen LogP contribution >= 0.6 is 11.6 Å². The van der Waals surface area contributed by atoms with Gasteiger partial charge in [-0.05, 0) is 43.4 Å². The predicted octanol–water partition coefficient (Wildman–Crippen LogP) is 1.87. The maximum atomic E-state index is 8.86. The molecule has 0 aliphatic carbocycles. The van der Waals surface area contributed by atoms with E-state index in [0.29, 0.717) is 11.3 Å². The van der Waals surface area contributed by atoms with Gasteiger partial charge in [-0.25, -0.2) is 9.97 Å². The first-order valence-electron chi connectivity index (χ1n) is 5.67. The molecule has 1 atom stereocenters. The number of hydrogen-bond acceptors (Lipinski definition) is 4. The van der Waals surface area contributed by atoms with Crippen molar-refractivity contribution in [1.82, 2.24) is 9.97 Å². The lowest BCUT2D eigenvalue weighted by Gasteiger charge is -2.25. The molecule has 2 heterocycles. The summed E-state index contributed by atoms with van der Waals surface area (Å²) in [5.41, 5.74) is 0. The van der Waals surface area contributed by atoms with Gasteiger partial charge in [-0.15, -0.1) is 0 Å². The largest absolute Gasteiger partial charge is 0.396 e. The van der Waals surface area contributed by atoms with Crippen LogP contribution in [-0.2, 0) is 0 Å². The number of aromatic nitrogens is 2. The third-order valence-electron chi connectivity index (χ3n) is 2.98. The van der Waals surface area contributed by atoms with Crippen LogP contribution in [0.15, 0.2) is 12.3 Å². The van der Waals surface area contributed by atoms with Gasteiger partial charge in [0.2, 0.25) is 5.28 Å². The molecule has 1 aromatic rings. The standard InChI is InChI=1S/C11H16ClN3O/c12-11-13-6-5-10(14-11)15-7-1-3-9(15)4-2-8-16/h5-6,9,16H,1-4,7-8H2. The Morgan fingerprint density at radius 2 is 2.44 bits per heavy atom. The summed E-state index contributed by atoms with van der Waals surface area (Å²) in [5.74, 6) is 0.903. The number of halogens is 1. The fraction of sp³-hybridized carbons (Fsp3) is 0.636. The van der Waals surface area contributed by atoms with Crippen molar-refractivity contribution in [3.63, 3.8) is 0 Å². The molecule has 1 saturated heterocycles. The Kier molecular flexibility index (Phi) is 3.96. The Balaban J connectivity index is 2.07. The first-order valence-corrected chi connectivity index (χ1v) is 6.05. The molecule has 1 aliphatic rings. The molecule has 1 fully saturated rings. The average Bonchev–Trinajstić information content (AvgIpc) is 2.74. The highest BCUT2D eigenvalue weighted by atomic mass is 35.5. The van der Waals surface area contributed by atoms with E-state index < -0.39 is 0 Å². The lowest BCUT2D eigenvalue weighted by atomic mass is 10.1. The lowest BCUT2D eigenvalue weighted by molar-refractivity contribution is 0.279. The zero-order valence-electron chi connectivity index (χ0n) is 9.14. The van der Waals surface area contributed by atoms with Gasteiger partial charge in [-0.2, -0.15) is 0 Å². The molecule has 1 aliphatic heterocycles. The maximum Gasteiger partial charge on any atom is 0.224 e. The predicted molar refractivity (Wildman–Crippen MR) is 63.7 cm³/mol. The van der Waals surface area contributed by atoms with E-state index in [4.69, 9.17) is 16.7 Å². The number of aliphatic hydroxyl groups excluding tert-OH is 1. The third-order valence-corrected chi connectivity index (χ3v) is 3.16. The van der Waals surface area contributed by atoms with Gasteiger partial charge in [0.1, 0.15) is 5.82 Å². The SMILES string of the molecule is OCCCC1CCCN1c1ccnc(Cl)n1. The summed E-state index contributed by atoms with van der Waals surface area (Å²) >= 11 is 5.79. The molecule has 0 spiro atoms. The molecule has 0 radical (unpaired) electrons. The molecule has 0 aromatic carbocycles. The van der Waals surface area contributed by atoms with Gasteiger partial charge < -0.3 is 10.0 Å². The van der Waals surface area contributed by atoms with E-state index in [1.54, 1.807) is 6.20 Å². The Morgan fingerprint density at radius 3 is 3.19 bits per heavy atom. The highest BCUT2D eigenvalue weighted by Gasteiger charge is 2.25. The van der Waals surface area contributed by atoms with Gasteiger partial charge in [0.05, 0.1) is 0 Å². The van der Waals surface area contributed by atoms with Crippen molar-refractivity contribution < 1.29 is 5.11 Å². The topological polar surface area (TPSA) is 49.2 Å². The van der Waals surface area contributed by atoms with Gasteiger partial charge in [0.25, 0.3) is 0 Å². The summed E-state index contributed by atoms with van der Waals surface area (Å²) in [7, 11) is 0. The summed E-state index contributed by atoms with van der Waals surface area (Å²) in [4.78, 5) is 10.4. The van der Waals surface area contributed by atoms with Crippen molar-refractivity contribution in [2.24, 2.45) is 0 Å². The van der Waals surface area contributed by atoms with Crippen LogP contribution in [0.4, 0.5) is 5.82 Å². The van der Waals surface area contributed by atoms with Crippen LogP contribution in [0.25, 0.3) is 0 Å². The smallest absolute Gasteiger partial charge is 0.224 e. The summed E-state index contributed by atoms with van der Waals surface area (Å²) in [5, 5.41) is 9.16. The van der Waals surface area contributed by atoms with Crippen LogP contribution < -0.4 is 4.90 Å². The van der Waals surface area contributed by atoms with Crippen LogP contribution in [-0.4, -0.2) is 34.3 Å². The molecule has 0 saturated carbocycles. The molecule has 88 valence electrons. The summed E-state index contributed by atoms with van der Waals surface area (Å²) in [6.45, 7) is 1.28. The Morgan fingerprint density at radius 1 is 1.56 bits per heavy atom. The van der Waals surface area contributed by atoms with Gasteiger partial charge in [0.15, 0.2) is 0 Å². The molecule has 1 N–H and O–H groups in total. The zero-order valence-corrected chi connectivity index (χ0v) is 9.90. The molecule has 1 unspecified atom stereocenters. The second-order valence-corrected chi connectivity index (χ2v) is 4.38. The highest BCUT2D eigenvalue weighted by Crippen LogP contribution is 2.26. The molecule has 1 aromatic heterocycles. The van der Waals surface area contributed by atoms with Crippen molar-refractivity contribution in [1.29, 1.82) is 0 Å². The molecule has 0 amide bonds.